The number of carbonyl (C=O) groups is 6. The number of Topliss-reactive ketones (excluding diaryl/α,β-unsaturated/α-hetero) is 1. The summed E-state index contributed by atoms with van der Waals surface area (Å²) in [4.78, 5) is 69.7. The first-order valence-electron chi connectivity index (χ1n) is 23.7. The molecular weight excluding hydrogens is 943 g/mol. The summed E-state index contributed by atoms with van der Waals surface area (Å²) in [5.41, 5.74) is 10.9. The van der Waals surface area contributed by atoms with Crippen molar-refractivity contribution < 1.29 is 62.5 Å². The number of benzene rings is 4. The third-order valence-corrected chi connectivity index (χ3v) is 11.3. The van der Waals surface area contributed by atoms with Crippen LogP contribution in [0.5, 0.6) is 0 Å². The first-order valence-corrected chi connectivity index (χ1v) is 24.2. The number of aliphatic carboxylic acids is 1. The van der Waals surface area contributed by atoms with Crippen LogP contribution >= 0.6 is 11.6 Å². The third kappa shape index (κ3) is 21.6. The molecule has 4 N–H and O–H groups in total. The van der Waals surface area contributed by atoms with Crippen LogP contribution < -0.4 is 16.1 Å². The number of esters is 2. The van der Waals surface area contributed by atoms with Crippen molar-refractivity contribution >= 4 is 60.1 Å². The Morgan fingerprint density at radius 2 is 1.04 bits per heavy atom. The van der Waals surface area contributed by atoms with E-state index >= 15 is 0 Å². The Kier molecular flexibility index (Phi) is 24.7. The molecule has 1 aliphatic heterocycles. The second kappa shape index (κ2) is 28.7. The number of amides is 2. The van der Waals surface area contributed by atoms with Gasteiger partial charge in [-0.05, 0) is 158 Å². The number of alkyl carbamates (subject to hydrolysis) is 2. The van der Waals surface area contributed by atoms with Crippen LogP contribution in [0.2, 0.25) is 0 Å². The van der Waals surface area contributed by atoms with Gasteiger partial charge in [-0.15, -0.1) is 11.6 Å². The Morgan fingerprint density at radius 1 is 0.639 bits per heavy atom. The predicted molar refractivity (Wildman–Crippen MR) is 279 cm³/mol. The van der Waals surface area contributed by atoms with Crippen molar-refractivity contribution in [1.29, 1.82) is 0 Å². The summed E-state index contributed by atoms with van der Waals surface area (Å²) in [7, 11) is -0.993. The molecule has 17 heteroatoms. The van der Waals surface area contributed by atoms with Gasteiger partial charge in [0.25, 0.3) is 0 Å². The molecule has 72 heavy (non-hydrogen) atoms. The smallest absolute Gasteiger partial charge is 0.480 e. The fourth-order valence-electron chi connectivity index (χ4n) is 6.72. The quantitative estimate of drug-likeness (QED) is 0.0323. The van der Waals surface area contributed by atoms with Crippen LogP contribution in [0.1, 0.15) is 135 Å². The van der Waals surface area contributed by atoms with Gasteiger partial charge in [0, 0.05) is 17.9 Å². The van der Waals surface area contributed by atoms with E-state index in [1.807, 2.05) is 64.1 Å². The summed E-state index contributed by atoms with van der Waals surface area (Å²) in [5.74, 6) is -2.06. The predicted octanol–water partition coefficient (Wildman–Crippen LogP) is 9.76. The number of carboxylic acid groups (broad SMARTS) is 1. The molecule has 0 bridgehead atoms. The Bertz CT molecular complexity index is 2440. The molecule has 1 heterocycles. The minimum Gasteiger partial charge on any atom is -0.480 e. The van der Waals surface area contributed by atoms with Crippen molar-refractivity contribution in [3.63, 3.8) is 0 Å². The molecule has 2 amide bonds. The highest BCUT2D eigenvalue weighted by molar-refractivity contribution is 6.61. The number of ketones is 1. The Balaban J connectivity index is 0.000000353. The molecule has 1 aliphatic rings. The molecule has 15 nitrogen and oxygen atoms in total. The Morgan fingerprint density at radius 3 is 1.43 bits per heavy atom. The second-order valence-corrected chi connectivity index (χ2v) is 19.9. The van der Waals surface area contributed by atoms with Crippen molar-refractivity contribution in [2.75, 3.05) is 0 Å². The zero-order valence-electron chi connectivity index (χ0n) is 44.5. The van der Waals surface area contributed by atoms with E-state index in [0.717, 1.165) is 38.9 Å². The number of halogens is 1. The fraction of sp³-hybridized carbons (Fsp3) is 0.455. The van der Waals surface area contributed by atoms with Gasteiger partial charge in [0.15, 0.2) is 5.78 Å². The standard InChI is InChI=1S/C21H23BO5.C17H25NO4.C9H11Cl.C8H15NO4/c1-13-5-4-6-14(2)18(13)12-26-21(24)15(3)9-20(23)16-7-8-17-11-27-22(25)19(17)10-16;1-11-8-7-9-12(2)14(11)10-21-15(19)13(3)18-16(20)22-17(4,5)6;1-7-4-3-5-8(2)9(7)6-10;1-5(6(10)11)9-7(12)13-8(2,3)4/h4-8,10,15,25H,9,11-12H2,1-3H3;7-9,13H,10H2,1-6H3,(H,18,20);3-5H,6H2,1-2H3;5H,1-4H3,(H,9,12)(H,10,11)/t15-;13-;;5-/m10.0/s1. The van der Waals surface area contributed by atoms with E-state index in [-0.39, 0.29) is 25.4 Å². The van der Waals surface area contributed by atoms with Gasteiger partial charge in [0.2, 0.25) is 0 Å². The van der Waals surface area contributed by atoms with Crippen molar-refractivity contribution in [3.8, 4) is 0 Å². The van der Waals surface area contributed by atoms with E-state index in [0.29, 0.717) is 23.5 Å². The molecule has 0 spiro atoms. The number of hydrogen-bond donors (Lipinski definition) is 4. The number of hydrogen-bond acceptors (Lipinski definition) is 12. The minimum absolute atomic E-state index is 0.0569. The van der Waals surface area contributed by atoms with E-state index in [1.165, 1.54) is 23.6 Å². The summed E-state index contributed by atoms with van der Waals surface area (Å²) in [6.07, 6.45) is -1.30. The van der Waals surface area contributed by atoms with E-state index in [4.69, 9.17) is 40.3 Å². The van der Waals surface area contributed by atoms with E-state index in [9.17, 15) is 33.8 Å². The first kappa shape index (κ1) is 61.9. The van der Waals surface area contributed by atoms with Crippen LogP contribution in [0.4, 0.5) is 9.59 Å². The number of nitrogens with one attached hydrogen (secondary N) is 2. The van der Waals surface area contributed by atoms with Crippen molar-refractivity contribution in [3.05, 3.63) is 134 Å². The molecular formula is C55H74BClN2O13. The SMILES string of the molecule is C[C@H](NC(=O)OC(C)(C)C)C(=O)O.Cc1cccc(C)c1CCl.Cc1cccc(C)c1COC(=O)[C@H](C)CC(=O)c1ccc2c(c1)B(O)OC2.Cc1cccc(C)c1COC(=O)[C@H](C)NC(=O)OC(C)(C)C. The summed E-state index contributed by atoms with van der Waals surface area (Å²) in [6, 6.07) is 21.5. The number of ether oxygens (including phenoxy) is 4. The fourth-order valence-corrected chi connectivity index (χ4v) is 7.15. The first-order chi connectivity index (χ1) is 33.4. The topological polar surface area (TPSA) is 213 Å². The van der Waals surface area contributed by atoms with Crippen LogP contribution in [-0.2, 0) is 63.7 Å². The van der Waals surface area contributed by atoms with E-state index in [2.05, 4.69) is 42.7 Å². The Hall–Kier alpha value is -6.23. The average molecular weight is 1020 g/mol. The lowest BCUT2D eigenvalue weighted by Gasteiger charge is -2.21. The number of rotatable bonds is 13. The second-order valence-electron chi connectivity index (χ2n) is 19.6. The summed E-state index contributed by atoms with van der Waals surface area (Å²) in [5, 5.41) is 22.9. The van der Waals surface area contributed by atoms with Gasteiger partial charge in [-0.3, -0.25) is 14.4 Å². The monoisotopic (exact) mass is 1020 g/mol. The van der Waals surface area contributed by atoms with E-state index < -0.39 is 66.4 Å². The molecule has 0 fully saturated rings. The molecule has 3 atom stereocenters. The van der Waals surface area contributed by atoms with Crippen LogP contribution in [0.3, 0.4) is 0 Å². The zero-order valence-corrected chi connectivity index (χ0v) is 45.3. The molecule has 0 saturated heterocycles. The zero-order chi connectivity index (χ0) is 54.7. The lowest BCUT2D eigenvalue weighted by atomic mass is 9.78. The highest BCUT2D eigenvalue weighted by Crippen LogP contribution is 2.20. The van der Waals surface area contributed by atoms with Gasteiger partial charge in [-0.2, -0.15) is 0 Å². The summed E-state index contributed by atoms with van der Waals surface area (Å²) in [6.45, 7) is 27.8. The highest BCUT2D eigenvalue weighted by Gasteiger charge is 2.29. The molecule has 4 aromatic carbocycles. The minimum atomic E-state index is -1.09. The molecule has 0 aromatic heterocycles. The van der Waals surface area contributed by atoms with Crippen molar-refractivity contribution in [1.82, 2.24) is 10.6 Å². The molecule has 4 aromatic rings. The van der Waals surface area contributed by atoms with Gasteiger partial charge in [-0.25, -0.2) is 14.4 Å². The summed E-state index contributed by atoms with van der Waals surface area (Å²) < 4.78 is 25.8. The lowest BCUT2D eigenvalue weighted by Crippen LogP contribution is -2.42. The molecule has 0 saturated carbocycles. The van der Waals surface area contributed by atoms with E-state index in [1.54, 1.807) is 73.6 Å². The maximum atomic E-state index is 12.5. The van der Waals surface area contributed by atoms with Gasteiger partial charge >= 0.3 is 37.2 Å². The van der Waals surface area contributed by atoms with Crippen LogP contribution in [-0.4, -0.2) is 76.4 Å². The Labute approximate surface area is 430 Å². The molecule has 0 radical (unpaired) electrons. The van der Waals surface area contributed by atoms with Crippen molar-refractivity contribution in [2.24, 2.45) is 5.92 Å². The van der Waals surface area contributed by atoms with Crippen LogP contribution in [0.15, 0.2) is 72.8 Å². The largest absolute Gasteiger partial charge is 0.491 e. The highest BCUT2D eigenvalue weighted by atomic mass is 35.5. The van der Waals surface area contributed by atoms with Crippen molar-refractivity contribution in [2.45, 2.75) is 159 Å². The number of alkyl halides is 1. The van der Waals surface area contributed by atoms with Crippen LogP contribution in [0, 0.1) is 47.5 Å². The molecule has 5 rings (SSSR count). The molecule has 392 valence electrons. The maximum absolute atomic E-state index is 12.5. The number of fused-ring (bicyclic) bond motifs is 1. The van der Waals surface area contributed by atoms with Gasteiger partial charge < -0.3 is 44.4 Å². The van der Waals surface area contributed by atoms with Gasteiger partial charge in [0.05, 0.1) is 12.5 Å². The van der Waals surface area contributed by atoms with Gasteiger partial charge in [0.1, 0.15) is 36.5 Å². The third-order valence-electron chi connectivity index (χ3n) is 11.0. The lowest BCUT2D eigenvalue weighted by molar-refractivity contribution is -0.149. The maximum Gasteiger partial charge on any atom is 0.491 e. The molecule has 0 unspecified atom stereocenters. The van der Waals surface area contributed by atoms with Gasteiger partial charge in [-0.1, -0.05) is 79.7 Å². The van der Waals surface area contributed by atoms with Crippen LogP contribution in [0.25, 0.3) is 0 Å². The number of aryl methyl sites for hydroxylation is 6. The number of carbonyl (C=O) groups excluding carboxylic acids is 5. The molecule has 0 aliphatic carbocycles. The summed E-state index contributed by atoms with van der Waals surface area (Å²) >= 11 is 5.74. The number of carboxylic acids is 1. The average Bonchev–Trinajstić information content (AvgIpc) is 3.64. The normalized spacial score (nSPS) is 12.8.